The molecule has 1 aromatic heterocycles. The molecule has 0 aliphatic heterocycles. The number of carbonyl (C=O) groups is 2. The first-order chi connectivity index (χ1) is 19.2. The van der Waals surface area contributed by atoms with E-state index in [1.165, 1.54) is 18.2 Å². The number of halogens is 8. The Morgan fingerprint density at radius 2 is 1.56 bits per heavy atom. The molecule has 0 saturated heterocycles. The van der Waals surface area contributed by atoms with Crippen molar-refractivity contribution < 1.29 is 41.0 Å². The maximum Gasteiger partial charge on any atom is 0.433 e. The largest absolute Gasteiger partial charge is 0.481 e. The number of carbonyl (C=O) groups excluding carboxylic acids is 1. The van der Waals surface area contributed by atoms with Crippen LogP contribution in [0.1, 0.15) is 58.9 Å². The van der Waals surface area contributed by atoms with Crippen molar-refractivity contribution in [1.82, 2.24) is 14.7 Å². The highest BCUT2D eigenvalue weighted by atomic mass is 35.5. The van der Waals surface area contributed by atoms with Crippen molar-refractivity contribution >= 4 is 35.1 Å². The predicted octanol–water partition coefficient (Wildman–Crippen LogP) is 7.60. The minimum atomic E-state index is -5.10. The average molecular weight is 622 g/mol. The van der Waals surface area contributed by atoms with E-state index in [0.29, 0.717) is 15.8 Å². The van der Waals surface area contributed by atoms with Crippen molar-refractivity contribution in [1.29, 1.82) is 0 Å². The van der Waals surface area contributed by atoms with Gasteiger partial charge in [-0.25, -0.2) is 4.39 Å². The first-order valence-electron chi connectivity index (χ1n) is 12.4. The van der Waals surface area contributed by atoms with Crippen LogP contribution in [0, 0.1) is 11.7 Å². The highest BCUT2D eigenvalue weighted by molar-refractivity contribution is 6.36. The number of hydrogen-bond donors (Lipinski definition) is 1. The SMILES string of the molecule is O=C(c1cnn([C@H]2CC[C@H](C(=O)O)CC2)c1C(F)(F)F)N(Cc1ccc(F)cc1)CC(F)(F)c1c(Cl)cccc1Cl. The van der Waals surface area contributed by atoms with Crippen molar-refractivity contribution in [2.45, 2.75) is 50.4 Å². The molecule has 1 N–H and O–H groups in total. The van der Waals surface area contributed by atoms with Gasteiger partial charge in [-0.2, -0.15) is 27.1 Å². The fraction of sp³-hybridized carbons (Fsp3) is 0.370. The number of nitrogens with zero attached hydrogens (tertiary/aromatic N) is 3. The van der Waals surface area contributed by atoms with Crippen LogP contribution >= 0.6 is 23.2 Å². The summed E-state index contributed by atoms with van der Waals surface area (Å²) in [6.45, 7) is -2.00. The van der Waals surface area contributed by atoms with E-state index in [-0.39, 0.29) is 31.2 Å². The van der Waals surface area contributed by atoms with E-state index in [9.17, 15) is 32.3 Å². The lowest BCUT2D eigenvalue weighted by molar-refractivity contribution is -0.147. The van der Waals surface area contributed by atoms with Crippen LogP contribution in [-0.4, -0.2) is 38.2 Å². The number of alkyl halides is 5. The average Bonchev–Trinajstić information content (AvgIpc) is 3.35. The van der Waals surface area contributed by atoms with E-state index in [4.69, 9.17) is 23.2 Å². The zero-order valence-electron chi connectivity index (χ0n) is 21.1. The highest BCUT2D eigenvalue weighted by Gasteiger charge is 2.45. The van der Waals surface area contributed by atoms with E-state index in [1.54, 1.807) is 0 Å². The Morgan fingerprint density at radius 3 is 2.10 bits per heavy atom. The van der Waals surface area contributed by atoms with Crippen LogP contribution in [0.3, 0.4) is 0 Å². The molecule has 220 valence electrons. The Balaban J connectivity index is 1.73. The van der Waals surface area contributed by atoms with Crippen LogP contribution < -0.4 is 0 Å². The van der Waals surface area contributed by atoms with Gasteiger partial charge in [0.1, 0.15) is 5.82 Å². The van der Waals surface area contributed by atoms with Crippen LogP contribution in [0.15, 0.2) is 48.7 Å². The summed E-state index contributed by atoms with van der Waals surface area (Å²) in [7, 11) is 0. The lowest BCUT2D eigenvalue weighted by Crippen LogP contribution is -2.40. The number of amides is 1. The summed E-state index contributed by atoms with van der Waals surface area (Å²) in [5, 5.41) is 12.2. The zero-order valence-corrected chi connectivity index (χ0v) is 22.7. The lowest BCUT2D eigenvalue weighted by Gasteiger charge is -2.30. The normalized spacial score (nSPS) is 17.9. The number of benzene rings is 2. The fourth-order valence-corrected chi connectivity index (χ4v) is 5.67. The quantitative estimate of drug-likeness (QED) is 0.263. The first kappa shape index (κ1) is 30.7. The molecule has 1 heterocycles. The van der Waals surface area contributed by atoms with Crippen LogP contribution in [0.4, 0.5) is 26.3 Å². The van der Waals surface area contributed by atoms with Crippen molar-refractivity contribution in [2.75, 3.05) is 6.54 Å². The first-order valence-corrected chi connectivity index (χ1v) is 13.2. The number of carboxylic acid groups (broad SMARTS) is 1. The molecule has 0 atom stereocenters. The summed E-state index contributed by atoms with van der Waals surface area (Å²) in [5.74, 6) is -7.68. The van der Waals surface area contributed by atoms with E-state index < -0.39 is 81.7 Å². The molecule has 0 bridgehead atoms. The molecule has 1 aliphatic rings. The number of hydrogen-bond acceptors (Lipinski definition) is 3. The van der Waals surface area contributed by atoms with Gasteiger partial charge in [-0.3, -0.25) is 14.3 Å². The number of carboxylic acids is 1. The molecule has 2 aromatic carbocycles. The molecule has 0 spiro atoms. The van der Waals surface area contributed by atoms with Gasteiger partial charge >= 0.3 is 12.1 Å². The molecule has 0 radical (unpaired) electrons. The Labute approximate surface area is 240 Å². The van der Waals surface area contributed by atoms with Crippen molar-refractivity contribution in [2.24, 2.45) is 5.92 Å². The minimum Gasteiger partial charge on any atom is -0.481 e. The molecule has 1 amide bonds. The van der Waals surface area contributed by atoms with Gasteiger partial charge in [0.25, 0.3) is 11.8 Å². The van der Waals surface area contributed by atoms with E-state index >= 15 is 8.78 Å². The standard InChI is InChI=1S/C27H23Cl2F6N3O3/c28-20-2-1-3-21(29)22(20)26(31,32)14-37(13-15-4-8-17(30)9-5-15)24(39)19-12-36-38(23(19)27(33,34)35)18-10-6-16(7-11-18)25(40)41/h1-5,8-9,12,16,18H,6-7,10-11,13-14H2,(H,40,41)/t16-,18-. The van der Waals surface area contributed by atoms with Gasteiger partial charge in [0.2, 0.25) is 0 Å². The molecule has 14 heteroatoms. The molecule has 1 saturated carbocycles. The molecule has 3 aromatic rings. The van der Waals surface area contributed by atoms with Gasteiger partial charge in [-0.15, -0.1) is 0 Å². The van der Waals surface area contributed by atoms with Gasteiger partial charge in [0.15, 0.2) is 5.69 Å². The number of aromatic nitrogens is 2. The lowest BCUT2D eigenvalue weighted by atomic mass is 9.86. The summed E-state index contributed by atoms with van der Waals surface area (Å²) in [4.78, 5) is 25.4. The number of rotatable bonds is 8. The molecular formula is C27H23Cl2F6N3O3. The monoisotopic (exact) mass is 621 g/mol. The summed E-state index contributed by atoms with van der Waals surface area (Å²) >= 11 is 11.9. The van der Waals surface area contributed by atoms with E-state index in [0.717, 1.165) is 24.3 Å². The molecular weight excluding hydrogens is 599 g/mol. The molecule has 0 unspecified atom stereocenters. The van der Waals surface area contributed by atoms with Gasteiger partial charge in [0.05, 0.1) is 45.9 Å². The van der Waals surface area contributed by atoms with Gasteiger partial charge in [-0.05, 0) is 55.5 Å². The smallest absolute Gasteiger partial charge is 0.433 e. The molecule has 1 fully saturated rings. The Morgan fingerprint density at radius 1 is 0.976 bits per heavy atom. The van der Waals surface area contributed by atoms with Gasteiger partial charge < -0.3 is 10.0 Å². The van der Waals surface area contributed by atoms with E-state index in [2.05, 4.69) is 5.10 Å². The van der Waals surface area contributed by atoms with Crippen molar-refractivity contribution in [3.8, 4) is 0 Å². The summed E-state index contributed by atoms with van der Waals surface area (Å²) in [5.41, 5.74) is -3.01. The maximum absolute atomic E-state index is 15.6. The van der Waals surface area contributed by atoms with Crippen LogP contribution in [0.2, 0.25) is 10.0 Å². The van der Waals surface area contributed by atoms with Crippen LogP contribution in [0.5, 0.6) is 0 Å². The third-order valence-corrected chi connectivity index (χ3v) is 7.61. The van der Waals surface area contributed by atoms with Crippen molar-refractivity contribution in [3.05, 3.63) is 86.9 Å². The minimum absolute atomic E-state index is 0.0672. The second-order valence-corrected chi connectivity index (χ2v) is 10.6. The summed E-state index contributed by atoms with van der Waals surface area (Å²) in [6, 6.07) is 7.27. The highest BCUT2D eigenvalue weighted by Crippen LogP contribution is 2.41. The number of aliphatic carboxylic acids is 1. The second-order valence-electron chi connectivity index (χ2n) is 9.78. The van der Waals surface area contributed by atoms with Gasteiger partial charge in [0, 0.05) is 6.54 Å². The topological polar surface area (TPSA) is 75.4 Å². The molecule has 4 rings (SSSR count). The summed E-state index contributed by atoms with van der Waals surface area (Å²) in [6.07, 6.45) is -4.06. The van der Waals surface area contributed by atoms with Crippen LogP contribution in [0.25, 0.3) is 0 Å². The predicted molar refractivity (Wildman–Crippen MR) is 137 cm³/mol. The Hall–Kier alpha value is -3.25. The Kier molecular flexibility index (Phi) is 8.93. The maximum atomic E-state index is 15.6. The van der Waals surface area contributed by atoms with Crippen molar-refractivity contribution in [3.63, 3.8) is 0 Å². The molecule has 1 aliphatic carbocycles. The Bertz CT molecular complexity index is 1400. The van der Waals surface area contributed by atoms with Gasteiger partial charge in [-0.1, -0.05) is 41.4 Å². The van der Waals surface area contributed by atoms with E-state index in [1.807, 2.05) is 0 Å². The third kappa shape index (κ3) is 6.81. The fourth-order valence-electron chi connectivity index (χ4n) is 4.99. The second kappa shape index (κ2) is 11.9. The van der Waals surface area contributed by atoms with Crippen LogP contribution in [-0.2, 0) is 23.4 Å². The molecule has 41 heavy (non-hydrogen) atoms. The summed E-state index contributed by atoms with van der Waals surface area (Å²) < 4.78 is 88.3. The molecule has 6 nitrogen and oxygen atoms in total. The zero-order chi connectivity index (χ0) is 30.1. The third-order valence-electron chi connectivity index (χ3n) is 6.98.